The largest absolute Gasteiger partial charge is 0.337 e. The Bertz CT molecular complexity index is 960. The molecule has 2 aromatic rings. The first-order valence-electron chi connectivity index (χ1n) is 10.1. The Kier molecular flexibility index (Phi) is 6.44. The molecule has 1 fully saturated rings. The van der Waals surface area contributed by atoms with E-state index < -0.39 is 10.0 Å². The standard InChI is InChI=1S/C23H30N2O3S/c1-17-13-18(2)15-25(14-17)29(27,28)22-11-9-20(10-12-22)23(26)24(4)16-21-8-6-5-7-19(21)3/h5-12,17-18H,13-16H2,1-4H3. The van der Waals surface area contributed by atoms with Gasteiger partial charge in [-0.25, -0.2) is 8.42 Å². The van der Waals surface area contributed by atoms with E-state index >= 15 is 0 Å². The Labute approximate surface area is 174 Å². The van der Waals surface area contributed by atoms with E-state index in [0.29, 0.717) is 37.0 Å². The van der Waals surface area contributed by atoms with Gasteiger partial charge in [-0.05, 0) is 60.6 Å². The van der Waals surface area contributed by atoms with Crippen molar-refractivity contribution in [3.8, 4) is 0 Å². The van der Waals surface area contributed by atoms with Crippen LogP contribution >= 0.6 is 0 Å². The molecule has 2 aromatic carbocycles. The number of amides is 1. The van der Waals surface area contributed by atoms with Crippen LogP contribution in [0.5, 0.6) is 0 Å². The first kappa shape index (κ1) is 21.5. The average molecular weight is 415 g/mol. The fraction of sp³-hybridized carbons (Fsp3) is 0.435. The molecule has 6 heteroatoms. The second-order valence-corrected chi connectivity index (χ2v) is 10.3. The number of aryl methyl sites for hydroxylation is 1. The van der Waals surface area contributed by atoms with Crippen LogP contribution in [0.15, 0.2) is 53.4 Å². The molecule has 0 N–H and O–H groups in total. The van der Waals surface area contributed by atoms with Crippen molar-refractivity contribution < 1.29 is 13.2 Å². The molecule has 1 aliphatic rings. The molecule has 3 rings (SSSR count). The third kappa shape index (κ3) is 4.87. The van der Waals surface area contributed by atoms with Gasteiger partial charge in [-0.1, -0.05) is 38.1 Å². The van der Waals surface area contributed by atoms with Gasteiger partial charge in [0.2, 0.25) is 10.0 Å². The molecule has 5 nitrogen and oxygen atoms in total. The first-order chi connectivity index (χ1) is 13.7. The average Bonchev–Trinajstić information content (AvgIpc) is 2.68. The number of carbonyl (C=O) groups is 1. The zero-order chi connectivity index (χ0) is 21.2. The lowest BCUT2D eigenvalue weighted by Gasteiger charge is -2.34. The third-order valence-corrected chi connectivity index (χ3v) is 7.44. The molecule has 29 heavy (non-hydrogen) atoms. The van der Waals surface area contributed by atoms with Crippen molar-refractivity contribution in [1.82, 2.24) is 9.21 Å². The number of benzene rings is 2. The van der Waals surface area contributed by atoms with Crippen molar-refractivity contribution in [1.29, 1.82) is 0 Å². The van der Waals surface area contributed by atoms with E-state index in [1.807, 2.05) is 31.2 Å². The van der Waals surface area contributed by atoms with E-state index in [-0.39, 0.29) is 10.8 Å². The highest BCUT2D eigenvalue weighted by Gasteiger charge is 2.31. The Hall–Kier alpha value is -2.18. The molecule has 2 atom stereocenters. The minimum absolute atomic E-state index is 0.127. The van der Waals surface area contributed by atoms with E-state index in [9.17, 15) is 13.2 Å². The molecule has 0 saturated carbocycles. The van der Waals surface area contributed by atoms with E-state index in [1.165, 1.54) is 0 Å². The minimum Gasteiger partial charge on any atom is -0.337 e. The second-order valence-electron chi connectivity index (χ2n) is 8.38. The molecule has 2 unspecified atom stereocenters. The fourth-order valence-electron chi connectivity index (χ4n) is 4.06. The molecule has 1 saturated heterocycles. The van der Waals surface area contributed by atoms with Crippen molar-refractivity contribution in [2.24, 2.45) is 11.8 Å². The van der Waals surface area contributed by atoms with E-state index in [0.717, 1.165) is 17.5 Å². The zero-order valence-electron chi connectivity index (χ0n) is 17.6. The van der Waals surface area contributed by atoms with Gasteiger partial charge >= 0.3 is 0 Å². The quantitative estimate of drug-likeness (QED) is 0.745. The van der Waals surface area contributed by atoms with Gasteiger partial charge in [-0.3, -0.25) is 4.79 Å². The van der Waals surface area contributed by atoms with Gasteiger partial charge in [0.25, 0.3) is 5.91 Å². The molecule has 1 amide bonds. The highest BCUT2D eigenvalue weighted by molar-refractivity contribution is 7.89. The van der Waals surface area contributed by atoms with Crippen LogP contribution in [-0.2, 0) is 16.6 Å². The lowest BCUT2D eigenvalue weighted by Crippen LogP contribution is -2.42. The van der Waals surface area contributed by atoms with Gasteiger partial charge < -0.3 is 4.90 Å². The lowest BCUT2D eigenvalue weighted by molar-refractivity contribution is 0.0785. The van der Waals surface area contributed by atoms with Crippen molar-refractivity contribution in [2.75, 3.05) is 20.1 Å². The summed E-state index contributed by atoms with van der Waals surface area (Å²) >= 11 is 0. The first-order valence-corrected chi connectivity index (χ1v) is 11.5. The second kappa shape index (κ2) is 8.67. The van der Waals surface area contributed by atoms with Gasteiger partial charge in [-0.2, -0.15) is 4.31 Å². The number of nitrogens with zero attached hydrogens (tertiary/aromatic N) is 2. The summed E-state index contributed by atoms with van der Waals surface area (Å²) in [5.41, 5.74) is 2.72. The summed E-state index contributed by atoms with van der Waals surface area (Å²) in [6.07, 6.45) is 1.05. The smallest absolute Gasteiger partial charge is 0.253 e. The maximum atomic E-state index is 13.0. The van der Waals surface area contributed by atoms with Crippen molar-refractivity contribution in [3.05, 3.63) is 65.2 Å². The van der Waals surface area contributed by atoms with Gasteiger partial charge in [0.05, 0.1) is 4.90 Å². The van der Waals surface area contributed by atoms with Crippen LogP contribution in [0.1, 0.15) is 41.8 Å². The maximum absolute atomic E-state index is 13.0. The van der Waals surface area contributed by atoms with Crippen LogP contribution in [0.4, 0.5) is 0 Å². The van der Waals surface area contributed by atoms with Gasteiger partial charge in [0.15, 0.2) is 0 Å². The molecular weight excluding hydrogens is 384 g/mol. The third-order valence-electron chi connectivity index (χ3n) is 5.59. The summed E-state index contributed by atoms with van der Waals surface area (Å²) in [5.74, 6) is 0.575. The monoisotopic (exact) mass is 414 g/mol. The summed E-state index contributed by atoms with van der Waals surface area (Å²) in [7, 11) is -1.78. The Morgan fingerprint density at radius 2 is 1.62 bits per heavy atom. The summed E-state index contributed by atoms with van der Waals surface area (Å²) in [5, 5.41) is 0. The number of sulfonamides is 1. The van der Waals surface area contributed by atoms with Crippen LogP contribution in [0, 0.1) is 18.8 Å². The Morgan fingerprint density at radius 3 is 2.21 bits per heavy atom. The van der Waals surface area contributed by atoms with Crippen molar-refractivity contribution in [3.63, 3.8) is 0 Å². The number of carbonyl (C=O) groups excluding carboxylic acids is 1. The summed E-state index contributed by atoms with van der Waals surface area (Å²) in [6, 6.07) is 14.3. The molecule has 1 aliphatic heterocycles. The molecule has 0 bridgehead atoms. The van der Waals surface area contributed by atoms with Crippen molar-refractivity contribution >= 4 is 15.9 Å². The molecular formula is C23H30N2O3S. The zero-order valence-corrected chi connectivity index (χ0v) is 18.4. The molecule has 0 aromatic heterocycles. The van der Waals surface area contributed by atoms with Crippen molar-refractivity contribution in [2.45, 2.75) is 38.6 Å². The number of hydrogen-bond donors (Lipinski definition) is 0. The topological polar surface area (TPSA) is 57.7 Å². The van der Waals surface area contributed by atoms with E-state index in [1.54, 1.807) is 40.5 Å². The summed E-state index contributed by atoms with van der Waals surface area (Å²) in [4.78, 5) is 14.7. The molecule has 1 heterocycles. The molecule has 156 valence electrons. The van der Waals surface area contributed by atoms with E-state index in [2.05, 4.69) is 13.8 Å². The van der Waals surface area contributed by atoms with Gasteiger partial charge in [0.1, 0.15) is 0 Å². The van der Waals surface area contributed by atoms with Gasteiger partial charge in [0, 0.05) is 32.2 Å². The van der Waals surface area contributed by atoms with Crippen LogP contribution in [0.25, 0.3) is 0 Å². The van der Waals surface area contributed by atoms with Crippen LogP contribution < -0.4 is 0 Å². The fourth-order valence-corrected chi connectivity index (χ4v) is 5.74. The normalized spacial score (nSPS) is 20.4. The van der Waals surface area contributed by atoms with E-state index in [4.69, 9.17) is 0 Å². The Morgan fingerprint density at radius 1 is 1.03 bits per heavy atom. The predicted octanol–water partition coefficient (Wildman–Crippen LogP) is 3.93. The highest BCUT2D eigenvalue weighted by atomic mass is 32.2. The summed E-state index contributed by atoms with van der Waals surface area (Å²) < 4.78 is 27.6. The van der Waals surface area contributed by atoms with Gasteiger partial charge in [-0.15, -0.1) is 0 Å². The van der Waals surface area contributed by atoms with Crippen LogP contribution in [0.2, 0.25) is 0 Å². The lowest BCUT2D eigenvalue weighted by atomic mass is 9.94. The highest BCUT2D eigenvalue weighted by Crippen LogP contribution is 2.27. The Balaban J connectivity index is 1.73. The molecule has 0 radical (unpaired) electrons. The van der Waals surface area contributed by atoms with Crippen LogP contribution in [0.3, 0.4) is 0 Å². The number of rotatable bonds is 5. The number of hydrogen-bond acceptors (Lipinski definition) is 3. The SMILES string of the molecule is Cc1ccccc1CN(C)C(=O)c1ccc(S(=O)(=O)N2CC(C)CC(C)C2)cc1. The number of piperidine rings is 1. The molecule has 0 spiro atoms. The summed E-state index contributed by atoms with van der Waals surface area (Å²) in [6.45, 7) is 7.80. The predicted molar refractivity (Wildman–Crippen MR) is 115 cm³/mol. The van der Waals surface area contributed by atoms with Crippen LogP contribution in [-0.4, -0.2) is 43.7 Å². The molecule has 0 aliphatic carbocycles. The minimum atomic E-state index is -3.54. The maximum Gasteiger partial charge on any atom is 0.253 e.